The number of hydrogen-bond donors (Lipinski definition) is 0. The molecule has 6 atom stereocenters. The fourth-order valence-electron chi connectivity index (χ4n) is 5.29. The standard InChI is InChI=1S/C23H25NO4/c1-13(27-22(26)16-7-5-15(12-24)6-8-16)4-9-18-19-10-17-14(2)21(25)28-20(17)11-23(18,19)3/h5-8,13,17-20H,2,4,9-11H2,1,3H3/t13?,17-,18?,19+,20-,23-/m1/s1. The van der Waals surface area contributed by atoms with Crippen LogP contribution in [0.2, 0.25) is 0 Å². The lowest BCUT2D eigenvalue weighted by atomic mass is 9.79. The van der Waals surface area contributed by atoms with Crippen LogP contribution >= 0.6 is 0 Å². The molecule has 28 heavy (non-hydrogen) atoms. The second kappa shape index (κ2) is 6.77. The van der Waals surface area contributed by atoms with Crippen molar-refractivity contribution in [1.29, 1.82) is 5.26 Å². The first-order valence-corrected chi connectivity index (χ1v) is 9.94. The smallest absolute Gasteiger partial charge is 0.338 e. The molecule has 4 rings (SSSR count). The largest absolute Gasteiger partial charge is 0.459 e. The van der Waals surface area contributed by atoms with Crippen LogP contribution in [0.4, 0.5) is 0 Å². The average molecular weight is 379 g/mol. The van der Waals surface area contributed by atoms with Gasteiger partial charge in [-0.1, -0.05) is 13.5 Å². The van der Waals surface area contributed by atoms with Crippen molar-refractivity contribution in [2.24, 2.45) is 23.2 Å². The first-order valence-electron chi connectivity index (χ1n) is 9.94. The molecule has 3 aliphatic rings. The predicted octanol–water partition coefficient (Wildman–Crippen LogP) is 4.03. The number of hydrogen-bond acceptors (Lipinski definition) is 5. The fraction of sp³-hybridized carbons (Fsp3) is 0.522. The molecular weight excluding hydrogens is 354 g/mol. The van der Waals surface area contributed by atoms with E-state index in [4.69, 9.17) is 14.7 Å². The molecule has 2 unspecified atom stereocenters. The zero-order chi connectivity index (χ0) is 20.1. The molecule has 0 spiro atoms. The van der Waals surface area contributed by atoms with Gasteiger partial charge in [0.1, 0.15) is 6.10 Å². The van der Waals surface area contributed by atoms with E-state index in [0.29, 0.717) is 28.5 Å². The highest BCUT2D eigenvalue weighted by molar-refractivity contribution is 5.91. The summed E-state index contributed by atoms with van der Waals surface area (Å²) in [4.78, 5) is 24.0. The minimum absolute atomic E-state index is 0.00196. The number of nitrogens with zero attached hydrogens (tertiary/aromatic N) is 1. The molecule has 5 nitrogen and oxygen atoms in total. The second-order valence-electron chi connectivity index (χ2n) is 8.72. The quantitative estimate of drug-likeness (QED) is 0.570. The minimum atomic E-state index is -0.353. The van der Waals surface area contributed by atoms with Gasteiger partial charge in [0, 0.05) is 11.5 Å². The molecule has 1 aliphatic heterocycles. The summed E-state index contributed by atoms with van der Waals surface area (Å²) in [5.74, 6) is 0.790. The first kappa shape index (κ1) is 18.7. The highest BCUT2D eigenvalue weighted by Crippen LogP contribution is 2.70. The fourth-order valence-corrected chi connectivity index (χ4v) is 5.29. The van der Waals surface area contributed by atoms with Crippen LogP contribution in [0.15, 0.2) is 36.4 Å². The summed E-state index contributed by atoms with van der Waals surface area (Å²) in [6, 6.07) is 8.52. The Labute approximate surface area is 165 Å². The van der Waals surface area contributed by atoms with Gasteiger partial charge in [0.15, 0.2) is 0 Å². The third-order valence-corrected chi connectivity index (χ3v) is 7.08. The molecule has 146 valence electrons. The third kappa shape index (κ3) is 3.11. The van der Waals surface area contributed by atoms with Gasteiger partial charge in [-0.2, -0.15) is 5.26 Å². The molecule has 1 saturated heterocycles. The number of carbonyl (C=O) groups excluding carboxylic acids is 2. The molecule has 0 N–H and O–H groups in total. The molecule has 0 amide bonds. The maximum atomic E-state index is 12.3. The summed E-state index contributed by atoms with van der Waals surface area (Å²) in [7, 11) is 0. The minimum Gasteiger partial charge on any atom is -0.459 e. The first-order chi connectivity index (χ1) is 13.3. The highest BCUT2D eigenvalue weighted by Gasteiger charge is 2.66. The number of ether oxygens (including phenoxy) is 2. The summed E-state index contributed by atoms with van der Waals surface area (Å²) in [5, 5.41) is 8.83. The van der Waals surface area contributed by atoms with Crippen molar-refractivity contribution in [1.82, 2.24) is 0 Å². The summed E-state index contributed by atoms with van der Waals surface area (Å²) in [6.45, 7) is 8.13. The normalized spacial score (nSPS) is 33.9. The van der Waals surface area contributed by atoms with Crippen molar-refractivity contribution in [3.05, 3.63) is 47.5 Å². The molecule has 2 saturated carbocycles. The Kier molecular flexibility index (Phi) is 4.53. The summed E-state index contributed by atoms with van der Waals surface area (Å²) >= 11 is 0. The molecular formula is C23H25NO4. The van der Waals surface area contributed by atoms with E-state index in [1.165, 1.54) is 0 Å². The predicted molar refractivity (Wildman–Crippen MR) is 102 cm³/mol. The molecule has 5 heteroatoms. The van der Waals surface area contributed by atoms with Crippen LogP contribution in [0.25, 0.3) is 0 Å². The number of rotatable bonds is 5. The zero-order valence-electron chi connectivity index (χ0n) is 16.3. The van der Waals surface area contributed by atoms with Crippen LogP contribution in [0.1, 0.15) is 55.5 Å². The Morgan fingerprint density at radius 1 is 1.43 bits per heavy atom. The average Bonchev–Trinajstić information content (AvgIpc) is 3.16. The summed E-state index contributed by atoms with van der Waals surface area (Å²) in [6.07, 6.45) is 3.55. The SMILES string of the molecule is C=C1C(=O)O[C@@H]2C[C@]3(C)C(CCC(C)OC(=O)c4ccc(C#N)cc4)[C@@H]3C[C@H]12. The van der Waals surface area contributed by atoms with E-state index in [-0.39, 0.29) is 35.5 Å². The Balaban J connectivity index is 1.28. The van der Waals surface area contributed by atoms with Crippen LogP contribution < -0.4 is 0 Å². The van der Waals surface area contributed by atoms with Gasteiger partial charge in [-0.15, -0.1) is 0 Å². The maximum absolute atomic E-state index is 12.3. The maximum Gasteiger partial charge on any atom is 0.338 e. The van der Waals surface area contributed by atoms with Crippen molar-refractivity contribution in [3.63, 3.8) is 0 Å². The van der Waals surface area contributed by atoms with Crippen LogP contribution in [0.3, 0.4) is 0 Å². The lowest BCUT2D eigenvalue weighted by Crippen LogP contribution is -2.26. The van der Waals surface area contributed by atoms with Crippen molar-refractivity contribution in [2.75, 3.05) is 0 Å². The Morgan fingerprint density at radius 3 is 2.82 bits per heavy atom. The molecule has 0 radical (unpaired) electrons. The zero-order valence-corrected chi connectivity index (χ0v) is 16.3. The monoisotopic (exact) mass is 379 g/mol. The van der Waals surface area contributed by atoms with E-state index in [2.05, 4.69) is 13.5 Å². The second-order valence-corrected chi connectivity index (χ2v) is 8.72. The lowest BCUT2D eigenvalue weighted by Gasteiger charge is -2.27. The molecule has 2 aliphatic carbocycles. The van der Waals surface area contributed by atoms with Gasteiger partial charge in [-0.25, -0.2) is 9.59 Å². The molecule has 3 fully saturated rings. The Morgan fingerprint density at radius 2 is 2.14 bits per heavy atom. The number of esters is 2. The van der Waals surface area contributed by atoms with Crippen molar-refractivity contribution < 1.29 is 19.1 Å². The number of benzene rings is 1. The van der Waals surface area contributed by atoms with E-state index in [9.17, 15) is 9.59 Å². The van der Waals surface area contributed by atoms with Crippen molar-refractivity contribution >= 4 is 11.9 Å². The van der Waals surface area contributed by atoms with Crippen molar-refractivity contribution in [3.8, 4) is 6.07 Å². The number of nitriles is 1. The Bertz CT molecular complexity index is 868. The lowest BCUT2D eigenvalue weighted by molar-refractivity contribution is -0.140. The van der Waals surface area contributed by atoms with Crippen LogP contribution in [-0.4, -0.2) is 24.1 Å². The number of fused-ring (bicyclic) bond motifs is 2. The van der Waals surface area contributed by atoms with Gasteiger partial charge in [-0.05, 0) is 74.1 Å². The van der Waals surface area contributed by atoms with E-state index < -0.39 is 0 Å². The van der Waals surface area contributed by atoms with Gasteiger partial charge in [-0.3, -0.25) is 0 Å². The number of carbonyl (C=O) groups is 2. The molecule has 1 aromatic rings. The van der Waals surface area contributed by atoms with Crippen LogP contribution in [0, 0.1) is 34.5 Å². The van der Waals surface area contributed by atoms with Gasteiger partial charge < -0.3 is 9.47 Å². The molecule has 0 bridgehead atoms. The summed E-state index contributed by atoms with van der Waals surface area (Å²) < 4.78 is 11.1. The molecule has 1 aromatic carbocycles. The topological polar surface area (TPSA) is 76.4 Å². The van der Waals surface area contributed by atoms with E-state index >= 15 is 0 Å². The van der Waals surface area contributed by atoms with Gasteiger partial charge >= 0.3 is 11.9 Å². The van der Waals surface area contributed by atoms with E-state index in [1.807, 2.05) is 13.0 Å². The summed E-state index contributed by atoms with van der Waals surface area (Å²) in [5.41, 5.74) is 1.85. The third-order valence-electron chi connectivity index (χ3n) is 7.08. The Hall–Kier alpha value is -2.61. The van der Waals surface area contributed by atoms with Gasteiger partial charge in [0.25, 0.3) is 0 Å². The van der Waals surface area contributed by atoms with E-state index in [0.717, 1.165) is 25.7 Å². The van der Waals surface area contributed by atoms with Crippen LogP contribution in [0.5, 0.6) is 0 Å². The van der Waals surface area contributed by atoms with Crippen molar-refractivity contribution in [2.45, 2.75) is 51.7 Å². The van der Waals surface area contributed by atoms with E-state index in [1.54, 1.807) is 24.3 Å². The highest BCUT2D eigenvalue weighted by atomic mass is 16.6. The van der Waals surface area contributed by atoms with Gasteiger partial charge in [0.05, 0.1) is 23.3 Å². The van der Waals surface area contributed by atoms with Gasteiger partial charge in [0.2, 0.25) is 0 Å². The molecule has 0 aromatic heterocycles. The molecule has 1 heterocycles. The van der Waals surface area contributed by atoms with Crippen LogP contribution in [-0.2, 0) is 14.3 Å².